The summed E-state index contributed by atoms with van der Waals surface area (Å²) in [5.41, 5.74) is 2.12. The van der Waals surface area contributed by atoms with Gasteiger partial charge in [0.05, 0.1) is 11.7 Å². The summed E-state index contributed by atoms with van der Waals surface area (Å²) in [7, 11) is 0. The molecule has 7 heteroatoms. The van der Waals surface area contributed by atoms with Crippen LogP contribution in [0.15, 0.2) is 30.5 Å². The lowest BCUT2D eigenvalue weighted by Crippen LogP contribution is -2.38. The van der Waals surface area contributed by atoms with Crippen LogP contribution in [0.25, 0.3) is 0 Å². The molecule has 0 unspecified atom stereocenters. The van der Waals surface area contributed by atoms with E-state index in [2.05, 4.69) is 9.88 Å². The van der Waals surface area contributed by atoms with Crippen molar-refractivity contribution in [1.29, 1.82) is 0 Å². The molecule has 0 N–H and O–H groups in total. The molecule has 1 saturated heterocycles. The lowest BCUT2D eigenvalue weighted by Gasteiger charge is -2.35. The third kappa shape index (κ3) is 4.72. The number of benzene rings is 1. The number of hydrogen-bond acceptors (Lipinski definition) is 5. The molecule has 2 aliphatic rings. The van der Waals surface area contributed by atoms with Crippen LogP contribution in [0.4, 0.5) is 4.39 Å². The van der Waals surface area contributed by atoms with Crippen LogP contribution in [0.3, 0.4) is 0 Å². The lowest BCUT2D eigenvalue weighted by molar-refractivity contribution is -0.129. The first-order chi connectivity index (χ1) is 14.1. The van der Waals surface area contributed by atoms with Crippen molar-refractivity contribution in [2.45, 2.75) is 45.2 Å². The van der Waals surface area contributed by atoms with Gasteiger partial charge in [-0.05, 0) is 43.7 Å². The van der Waals surface area contributed by atoms with Crippen LogP contribution in [0, 0.1) is 5.82 Å². The van der Waals surface area contributed by atoms with Crippen molar-refractivity contribution in [2.24, 2.45) is 0 Å². The van der Waals surface area contributed by atoms with E-state index in [1.165, 1.54) is 18.6 Å². The summed E-state index contributed by atoms with van der Waals surface area (Å²) in [6.45, 7) is 5.24. The molecule has 0 spiro atoms. The van der Waals surface area contributed by atoms with E-state index in [-0.39, 0.29) is 17.8 Å². The van der Waals surface area contributed by atoms with Gasteiger partial charge in [-0.15, -0.1) is 0 Å². The second-order valence-corrected chi connectivity index (χ2v) is 7.74. The standard InChI is InChI=1S/C22H27FN4O2/c1-16(28)27-11-9-20-17(15-27)14-24-22(25-20)21-4-2-3-10-26(21)12-13-29-19-7-5-18(23)6-8-19/h5-8,14,21H,2-4,9-13,15H2,1H3/t21-/m0/s1. The monoisotopic (exact) mass is 398 g/mol. The van der Waals surface area contributed by atoms with E-state index in [1.807, 2.05) is 11.1 Å². The molecular weight excluding hydrogens is 371 g/mol. The number of ether oxygens (including phenoxy) is 1. The molecular formula is C22H27FN4O2. The zero-order valence-corrected chi connectivity index (χ0v) is 16.8. The Bertz CT molecular complexity index is 858. The Morgan fingerprint density at radius 3 is 2.86 bits per heavy atom. The van der Waals surface area contributed by atoms with E-state index in [9.17, 15) is 9.18 Å². The van der Waals surface area contributed by atoms with E-state index in [1.54, 1.807) is 19.1 Å². The Hall–Kier alpha value is -2.54. The van der Waals surface area contributed by atoms with Gasteiger partial charge in [-0.3, -0.25) is 9.69 Å². The Kier molecular flexibility index (Phi) is 6.04. The predicted octanol–water partition coefficient (Wildman–Crippen LogP) is 3.13. The van der Waals surface area contributed by atoms with Crippen LogP contribution in [-0.2, 0) is 17.8 Å². The zero-order chi connectivity index (χ0) is 20.2. The van der Waals surface area contributed by atoms with Gasteiger partial charge in [-0.1, -0.05) is 6.42 Å². The minimum absolute atomic E-state index is 0.0966. The number of piperidine rings is 1. The molecule has 1 amide bonds. The van der Waals surface area contributed by atoms with Crippen LogP contribution in [-0.4, -0.2) is 51.9 Å². The van der Waals surface area contributed by atoms with E-state index in [0.717, 1.165) is 56.0 Å². The molecule has 1 fully saturated rings. The number of rotatable bonds is 5. The first-order valence-electron chi connectivity index (χ1n) is 10.3. The number of halogens is 1. The average molecular weight is 398 g/mol. The fraction of sp³-hybridized carbons (Fsp3) is 0.500. The molecule has 3 heterocycles. The number of likely N-dealkylation sites (tertiary alicyclic amines) is 1. The summed E-state index contributed by atoms with van der Waals surface area (Å²) < 4.78 is 18.8. The van der Waals surface area contributed by atoms with Gasteiger partial charge in [-0.25, -0.2) is 14.4 Å². The van der Waals surface area contributed by atoms with Crippen molar-refractivity contribution in [2.75, 3.05) is 26.2 Å². The molecule has 6 nitrogen and oxygen atoms in total. The highest BCUT2D eigenvalue weighted by molar-refractivity contribution is 5.73. The van der Waals surface area contributed by atoms with Crippen LogP contribution >= 0.6 is 0 Å². The summed E-state index contributed by atoms with van der Waals surface area (Å²) in [6.07, 6.45) is 6.04. The molecule has 4 rings (SSSR count). The van der Waals surface area contributed by atoms with Crippen molar-refractivity contribution in [1.82, 2.24) is 19.8 Å². The first kappa shape index (κ1) is 19.8. The van der Waals surface area contributed by atoms with E-state index >= 15 is 0 Å². The van der Waals surface area contributed by atoms with Crippen molar-refractivity contribution in [3.8, 4) is 5.75 Å². The smallest absolute Gasteiger partial charge is 0.219 e. The van der Waals surface area contributed by atoms with Crippen molar-refractivity contribution in [3.05, 3.63) is 53.4 Å². The summed E-state index contributed by atoms with van der Waals surface area (Å²) in [5.74, 6) is 1.39. The van der Waals surface area contributed by atoms with Gasteiger partial charge in [-0.2, -0.15) is 0 Å². The van der Waals surface area contributed by atoms with Gasteiger partial charge in [0.25, 0.3) is 0 Å². The zero-order valence-electron chi connectivity index (χ0n) is 16.8. The number of carbonyl (C=O) groups is 1. The van der Waals surface area contributed by atoms with E-state index in [0.29, 0.717) is 18.9 Å². The van der Waals surface area contributed by atoms with Gasteiger partial charge in [0.2, 0.25) is 5.91 Å². The predicted molar refractivity (Wildman–Crippen MR) is 107 cm³/mol. The minimum Gasteiger partial charge on any atom is -0.492 e. The molecule has 29 heavy (non-hydrogen) atoms. The van der Waals surface area contributed by atoms with Gasteiger partial charge in [0, 0.05) is 44.7 Å². The summed E-state index contributed by atoms with van der Waals surface area (Å²) in [4.78, 5) is 25.4. The number of amides is 1. The minimum atomic E-state index is -0.260. The lowest BCUT2D eigenvalue weighted by atomic mass is 10.0. The normalized spacial score (nSPS) is 19.7. The number of hydrogen-bond donors (Lipinski definition) is 0. The highest BCUT2D eigenvalue weighted by atomic mass is 19.1. The molecule has 154 valence electrons. The third-order valence-electron chi connectivity index (χ3n) is 5.77. The molecule has 0 aliphatic carbocycles. The summed E-state index contributed by atoms with van der Waals surface area (Å²) in [6, 6.07) is 6.32. The molecule has 2 aromatic rings. The Morgan fingerprint density at radius 1 is 1.24 bits per heavy atom. The number of aromatic nitrogens is 2. The van der Waals surface area contributed by atoms with Gasteiger partial charge >= 0.3 is 0 Å². The quantitative estimate of drug-likeness (QED) is 0.775. The van der Waals surface area contributed by atoms with E-state index in [4.69, 9.17) is 9.72 Å². The number of fused-ring (bicyclic) bond motifs is 1. The van der Waals surface area contributed by atoms with Gasteiger partial charge < -0.3 is 9.64 Å². The molecule has 0 saturated carbocycles. The van der Waals surface area contributed by atoms with Crippen LogP contribution in [0.5, 0.6) is 5.75 Å². The molecule has 0 radical (unpaired) electrons. The number of nitrogens with zero attached hydrogens (tertiary/aromatic N) is 4. The summed E-state index contributed by atoms with van der Waals surface area (Å²) in [5, 5.41) is 0. The fourth-order valence-electron chi connectivity index (χ4n) is 4.12. The van der Waals surface area contributed by atoms with Crippen molar-refractivity contribution < 1.29 is 13.9 Å². The maximum atomic E-state index is 13.0. The first-order valence-corrected chi connectivity index (χ1v) is 10.3. The average Bonchev–Trinajstić information content (AvgIpc) is 2.74. The van der Waals surface area contributed by atoms with Gasteiger partial charge in [0.15, 0.2) is 0 Å². The topological polar surface area (TPSA) is 58.6 Å². The SMILES string of the molecule is CC(=O)N1CCc2nc([C@@H]3CCCCN3CCOc3ccc(F)cc3)ncc2C1. The molecule has 0 bridgehead atoms. The van der Waals surface area contributed by atoms with E-state index < -0.39 is 0 Å². The molecule has 1 aromatic heterocycles. The van der Waals surface area contributed by atoms with Crippen LogP contribution in [0.1, 0.15) is 49.3 Å². The highest BCUT2D eigenvalue weighted by Crippen LogP contribution is 2.29. The Labute approximate surface area is 170 Å². The second kappa shape index (κ2) is 8.86. The van der Waals surface area contributed by atoms with Gasteiger partial charge in [0.1, 0.15) is 24.0 Å². The number of carbonyl (C=O) groups excluding carboxylic acids is 1. The highest BCUT2D eigenvalue weighted by Gasteiger charge is 2.28. The van der Waals surface area contributed by atoms with Crippen LogP contribution in [0.2, 0.25) is 0 Å². The van der Waals surface area contributed by atoms with Crippen molar-refractivity contribution in [3.63, 3.8) is 0 Å². The van der Waals surface area contributed by atoms with Crippen LogP contribution < -0.4 is 4.74 Å². The molecule has 2 aliphatic heterocycles. The maximum absolute atomic E-state index is 13.0. The summed E-state index contributed by atoms with van der Waals surface area (Å²) >= 11 is 0. The second-order valence-electron chi connectivity index (χ2n) is 7.74. The maximum Gasteiger partial charge on any atom is 0.219 e. The molecule has 1 atom stereocenters. The largest absolute Gasteiger partial charge is 0.492 e. The Balaban J connectivity index is 1.41. The van der Waals surface area contributed by atoms with Crippen molar-refractivity contribution >= 4 is 5.91 Å². The third-order valence-corrected chi connectivity index (χ3v) is 5.77. The Morgan fingerprint density at radius 2 is 2.07 bits per heavy atom. The fourth-order valence-corrected chi connectivity index (χ4v) is 4.12. The molecule has 1 aromatic carbocycles.